The molecular weight excluding hydrogens is 278 g/mol. The van der Waals surface area contributed by atoms with E-state index in [1.165, 1.54) is 10.8 Å². The standard InChI is InChI=1S/C17H21N3S/c1-3-4-11-18-17(21)20-19-13(2)15-10-9-14-7-5-6-8-16(14)12-15/h5-10,12H,3-4,11H2,1-2H3,(H2,18,20,21)/b19-13+. The van der Waals surface area contributed by atoms with Crippen molar-refractivity contribution in [3.05, 3.63) is 48.0 Å². The van der Waals surface area contributed by atoms with E-state index in [-0.39, 0.29) is 0 Å². The lowest BCUT2D eigenvalue weighted by atomic mass is 10.0. The van der Waals surface area contributed by atoms with E-state index >= 15 is 0 Å². The van der Waals surface area contributed by atoms with Crippen molar-refractivity contribution in [3.63, 3.8) is 0 Å². The lowest BCUT2D eigenvalue weighted by Crippen LogP contribution is -2.33. The molecule has 2 aromatic carbocycles. The van der Waals surface area contributed by atoms with Crippen molar-refractivity contribution in [3.8, 4) is 0 Å². The number of hydrogen-bond acceptors (Lipinski definition) is 2. The average molecular weight is 299 g/mol. The number of fused-ring (bicyclic) bond motifs is 1. The SMILES string of the molecule is CCCCNC(=S)N/N=C(\C)c1ccc2ccccc2c1. The van der Waals surface area contributed by atoms with Gasteiger partial charge in [-0.2, -0.15) is 5.10 Å². The maximum absolute atomic E-state index is 5.18. The Morgan fingerprint density at radius 2 is 1.90 bits per heavy atom. The summed E-state index contributed by atoms with van der Waals surface area (Å²) in [6.45, 7) is 5.01. The summed E-state index contributed by atoms with van der Waals surface area (Å²) in [6.07, 6.45) is 2.25. The fourth-order valence-electron chi connectivity index (χ4n) is 2.03. The highest BCUT2D eigenvalue weighted by atomic mass is 32.1. The van der Waals surface area contributed by atoms with Gasteiger partial charge >= 0.3 is 0 Å². The molecule has 0 unspecified atom stereocenters. The van der Waals surface area contributed by atoms with E-state index in [2.05, 4.69) is 53.1 Å². The van der Waals surface area contributed by atoms with E-state index in [1.807, 2.05) is 19.1 Å². The summed E-state index contributed by atoms with van der Waals surface area (Å²) in [6, 6.07) is 14.6. The van der Waals surface area contributed by atoms with E-state index in [0.29, 0.717) is 5.11 Å². The molecule has 0 aliphatic heterocycles. The molecule has 4 heteroatoms. The van der Waals surface area contributed by atoms with Crippen LogP contribution in [0.2, 0.25) is 0 Å². The Bertz CT molecular complexity index is 649. The summed E-state index contributed by atoms with van der Waals surface area (Å²) in [5.41, 5.74) is 4.91. The molecule has 0 bridgehead atoms. The second-order valence-electron chi connectivity index (χ2n) is 4.98. The van der Waals surface area contributed by atoms with Gasteiger partial charge in [0.05, 0.1) is 5.71 Å². The fraction of sp³-hybridized carbons (Fsp3) is 0.294. The van der Waals surface area contributed by atoms with Gasteiger partial charge in [-0.3, -0.25) is 5.43 Å². The van der Waals surface area contributed by atoms with Crippen molar-refractivity contribution < 1.29 is 0 Å². The molecule has 0 atom stereocenters. The Kier molecular flexibility index (Phi) is 5.69. The Morgan fingerprint density at radius 1 is 1.14 bits per heavy atom. The second-order valence-corrected chi connectivity index (χ2v) is 5.39. The highest BCUT2D eigenvalue weighted by Crippen LogP contribution is 2.16. The molecule has 2 N–H and O–H groups in total. The molecule has 110 valence electrons. The summed E-state index contributed by atoms with van der Waals surface area (Å²) in [7, 11) is 0. The van der Waals surface area contributed by atoms with Crippen molar-refractivity contribution in [2.24, 2.45) is 5.10 Å². The van der Waals surface area contributed by atoms with Gasteiger partial charge in [-0.1, -0.05) is 49.7 Å². The van der Waals surface area contributed by atoms with Gasteiger partial charge in [0.15, 0.2) is 5.11 Å². The third kappa shape index (κ3) is 4.53. The summed E-state index contributed by atoms with van der Waals surface area (Å²) >= 11 is 5.18. The Morgan fingerprint density at radius 3 is 2.67 bits per heavy atom. The molecule has 0 radical (unpaired) electrons. The zero-order chi connectivity index (χ0) is 15.1. The molecule has 0 aromatic heterocycles. The number of rotatable bonds is 5. The number of benzene rings is 2. The second kappa shape index (κ2) is 7.74. The number of nitrogens with one attached hydrogen (secondary N) is 2. The van der Waals surface area contributed by atoms with Crippen molar-refractivity contribution in [2.75, 3.05) is 6.54 Å². The van der Waals surface area contributed by atoms with Crippen LogP contribution in [0.5, 0.6) is 0 Å². The summed E-state index contributed by atoms with van der Waals surface area (Å²) in [4.78, 5) is 0. The molecule has 0 aliphatic rings. The minimum Gasteiger partial charge on any atom is -0.361 e. The minimum atomic E-state index is 0.573. The largest absolute Gasteiger partial charge is 0.361 e. The van der Waals surface area contributed by atoms with Crippen molar-refractivity contribution in [1.82, 2.24) is 10.7 Å². The first-order valence-electron chi connectivity index (χ1n) is 7.28. The summed E-state index contributed by atoms with van der Waals surface area (Å²) < 4.78 is 0. The van der Waals surface area contributed by atoms with Crippen LogP contribution in [0.25, 0.3) is 10.8 Å². The highest BCUT2D eigenvalue weighted by molar-refractivity contribution is 7.80. The molecule has 0 saturated carbocycles. The van der Waals surface area contributed by atoms with Gasteiger partial charge in [0.1, 0.15) is 0 Å². The zero-order valence-electron chi connectivity index (χ0n) is 12.5. The molecule has 0 amide bonds. The van der Waals surface area contributed by atoms with Crippen LogP contribution in [-0.4, -0.2) is 17.4 Å². The van der Waals surface area contributed by atoms with Gasteiger partial charge in [-0.15, -0.1) is 0 Å². The van der Waals surface area contributed by atoms with Crippen LogP contribution in [0.3, 0.4) is 0 Å². The molecule has 21 heavy (non-hydrogen) atoms. The van der Waals surface area contributed by atoms with Crippen LogP contribution in [0.4, 0.5) is 0 Å². The molecule has 2 aromatic rings. The van der Waals surface area contributed by atoms with Gasteiger partial charge < -0.3 is 5.32 Å². The van der Waals surface area contributed by atoms with E-state index < -0.39 is 0 Å². The monoisotopic (exact) mass is 299 g/mol. The van der Waals surface area contributed by atoms with E-state index in [4.69, 9.17) is 12.2 Å². The molecule has 0 fully saturated rings. The Labute approximate surface area is 131 Å². The van der Waals surface area contributed by atoms with Crippen LogP contribution >= 0.6 is 12.2 Å². The average Bonchev–Trinajstić information content (AvgIpc) is 2.52. The van der Waals surface area contributed by atoms with E-state index in [0.717, 1.165) is 30.7 Å². The molecule has 0 spiro atoms. The van der Waals surface area contributed by atoms with Crippen molar-refractivity contribution >= 4 is 33.8 Å². The molecular formula is C17H21N3S. The first-order valence-corrected chi connectivity index (χ1v) is 7.69. The Balaban J connectivity index is 2.01. The lowest BCUT2D eigenvalue weighted by Gasteiger charge is -2.08. The van der Waals surface area contributed by atoms with Gasteiger partial charge in [0.2, 0.25) is 0 Å². The van der Waals surface area contributed by atoms with Crippen molar-refractivity contribution in [1.29, 1.82) is 0 Å². The normalized spacial score (nSPS) is 11.4. The molecule has 0 aliphatic carbocycles. The maximum Gasteiger partial charge on any atom is 0.186 e. The van der Waals surface area contributed by atoms with E-state index in [1.54, 1.807) is 0 Å². The Hall–Kier alpha value is -1.94. The van der Waals surface area contributed by atoms with Crippen LogP contribution in [-0.2, 0) is 0 Å². The summed E-state index contributed by atoms with van der Waals surface area (Å²) in [5, 5.41) is 10.5. The van der Waals surface area contributed by atoms with E-state index in [9.17, 15) is 0 Å². The molecule has 2 rings (SSSR count). The molecule has 0 saturated heterocycles. The zero-order valence-corrected chi connectivity index (χ0v) is 13.3. The number of hydrogen-bond donors (Lipinski definition) is 2. The van der Waals surface area contributed by atoms with Crippen molar-refractivity contribution in [2.45, 2.75) is 26.7 Å². The fourth-order valence-corrected chi connectivity index (χ4v) is 2.18. The molecule has 3 nitrogen and oxygen atoms in total. The number of thiocarbonyl (C=S) groups is 1. The first kappa shape index (κ1) is 15.4. The number of hydrazone groups is 1. The summed E-state index contributed by atoms with van der Waals surface area (Å²) in [5.74, 6) is 0. The van der Waals surface area contributed by atoms with Gasteiger partial charge in [0.25, 0.3) is 0 Å². The van der Waals surface area contributed by atoms with Crippen LogP contribution in [0.1, 0.15) is 32.3 Å². The van der Waals surface area contributed by atoms with Gasteiger partial charge in [-0.05, 0) is 48.0 Å². The first-order chi connectivity index (χ1) is 10.2. The van der Waals surface area contributed by atoms with Gasteiger partial charge in [0, 0.05) is 6.54 Å². The van der Waals surface area contributed by atoms with Gasteiger partial charge in [-0.25, -0.2) is 0 Å². The van der Waals surface area contributed by atoms with Crippen LogP contribution < -0.4 is 10.7 Å². The van der Waals surface area contributed by atoms with Crippen LogP contribution in [0.15, 0.2) is 47.6 Å². The third-order valence-electron chi connectivity index (χ3n) is 3.31. The molecule has 0 heterocycles. The predicted octanol–water partition coefficient (Wildman–Crippen LogP) is 3.83. The highest BCUT2D eigenvalue weighted by Gasteiger charge is 2.00. The quantitative estimate of drug-likeness (QED) is 0.381. The minimum absolute atomic E-state index is 0.573. The topological polar surface area (TPSA) is 36.4 Å². The number of unbranched alkanes of at least 4 members (excludes halogenated alkanes) is 1. The number of nitrogens with zero attached hydrogens (tertiary/aromatic N) is 1. The maximum atomic E-state index is 5.18. The third-order valence-corrected chi connectivity index (χ3v) is 3.54. The van der Waals surface area contributed by atoms with Crippen LogP contribution in [0, 0.1) is 0 Å². The lowest BCUT2D eigenvalue weighted by molar-refractivity contribution is 0.745. The smallest absolute Gasteiger partial charge is 0.186 e. The predicted molar refractivity (Wildman–Crippen MR) is 94.8 cm³/mol.